The number of hydrogen-bond donors (Lipinski definition) is 1. The lowest BCUT2D eigenvalue weighted by atomic mass is 10.0. The van der Waals surface area contributed by atoms with Crippen molar-refractivity contribution in [3.63, 3.8) is 0 Å². The molecule has 0 saturated carbocycles. The van der Waals surface area contributed by atoms with Crippen LogP contribution in [0.15, 0.2) is 36.7 Å². The third-order valence-electron chi connectivity index (χ3n) is 3.31. The van der Waals surface area contributed by atoms with Gasteiger partial charge in [-0.2, -0.15) is 0 Å². The van der Waals surface area contributed by atoms with Gasteiger partial charge in [0.05, 0.1) is 12.4 Å². The molecule has 0 amide bonds. The van der Waals surface area contributed by atoms with Crippen molar-refractivity contribution < 1.29 is 9.90 Å². The fourth-order valence-electron chi connectivity index (χ4n) is 2.29. The highest BCUT2D eigenvalue weighted by molar-refractivity contribution is 5.84. The topological polar surface area (TPSA) is 66.3 Å². The van der Waals surface area contributed by atoms with Crippen LogP contribution in [0.1, 0.15) is 21.6 Å². The number of carboxylic acids is 1. The minimum Gasteiger partial charge on any atom is -0.476 e. The van der Waals surface area contributed by atoms with Gasteiger partial charge in [0.2, 0.25) is 0 Å². The Morgan fingerprint density at radius 3 is 2.63 bits per heavy atom. The minimum atomic E-state index is -1.05. The molecular formula is C14H13N3O2. The van der Waals surface area contributed by atoms with Gasteiger partial charge >= 0.3 is 5.97 Å². The van der Waals surface area contributed by atoms with E-state index in [9.17, 15) is 4.79 Å². The molecule has 1 aromatic carbocycles. The summed E-state index contributed by atoms with van der Waals surface area (Å²) in [5.74, 6) is -0.331. The number of benzene rings is 1. The normalized spacial score (nSPS) is 14.0. The van der Waals surface area contributed by atoms with Gasteiger partial charge < -0.3 is 10.0 Å². The Hall–Kier alpha value is -2.43. The van der Waals surface area contributed by atoms with Gasteiger partial charge in [0.15, 0.2) is 5.69 Å². The highest BCUT2D eigenvalue weighted by Crippen LogP contribution is 2.22. The minimum absolute atomic E-state index is 0.0267. The number of carboxylic acid groups (broad SMARTS) is 1. The molecule has 96 valence electrons. The maximum Gasteiger partial charge on any atom is 0.356 e. The molecule has 1 N–H and O–H groups in total. The molecule has 2 heterocycles. The number of hydrogen-bond acceptors (Lipinski definition) is 4. The van der Waals surface area contributed by atoms with Crippen molar-refractivity contribution in [1.29, 1.82) is 0 Å². The average Bonchev–Trinajstić information content (AvgIpc) is 2.47. The maximum atomic E-state index is 10.7. The van der Waals surface area contributed by atoms with Crippen molar-refractivity contribution >= 4 is 11.8 Å². The molecule has 0 aliphatic carbocycles. The predicted octanol–water partition coefficient (Wildman–Crippen LogP) is 1.74. The van der Waals surface area contributed by atoms with Crippen molar-refractivity contribution in [2.24, 2.45) is 0 Å². The van der Waals surface area contributed by atoms with Gasteiger partial charge in [-0.25, -0.2) is 14.8 Å². The van der Waals surface area contributed by atoms with E-state index in [-0.39, 0.29) is 5.69 Å². The Bertz CT molecular complexity index is 610. The molecule has 19 heavy (non-hydrogen) atoms. The van der Waals surface area contributed by atoms with Crippen LogP contribution >= 0.6 is 0 Å². The zero-order valence-electron chi connectivity index (χ0n) is 10.3. The lowest BCUT2D eigenvalue weighted by Crippen LogP contribution is -2.31. The summed E-state index contributed by atoms with van der Waals surface area (Å²) in [6, 6.07) is 8.34. The van der Waals surface area contributed by atoms with Crippen molar-refractivity contribution in [2.45, 2.75) is 13.0 Å². The first-order valence-corrected chi connectivity index (χ1v) is 6.11. The zero-order valence-corrected chi connectivity index (χ0v) is 10.3. The van der Waals surface area contributed by atoms with Gasteiger partial charge in [-0.05, 0) is 17.5 Å². The summed E-state index contributed by atoms with van der Waals surface area (Å²) in [6.07, 6.45) is 3.80. The third kappa shape index (κ3) is 2.27. The first-order chi connectivity index (χ1) is 9.24. The summed E-state index contributed by atoms with van der Waals surface area (Å²) in [5.41, 5.74) is 2.63. The lowest BCUT2D eigenvalue weighted by Gasteiger charge is -2.29. The second-order valence-electron chi connectivity index (χ2n) is 4.51. The van der Waals surface area contributed by atoms with Gasteiger partial charge in [-0.1, -0.05) is 24.3 Å². The summed E-state index contributed by atoms with van der Waals surface area (Å²) < 4.78 is 0. The molecular weight excluding hydrogens is 242 g/mol. The third-order valence-corrected chi connectivity index (χ3v) is 3.31. The van der Waals surface area contributed by atoms with Crippen molar-refractivity contribution in [3.05, 3.63) is 53.5 Å². The summed E-state index contributed by atoms with van der Waals surface area (Å²) in [4.78, 5) is 20.9. The Kier molecular flexibility index (Phi) is 2.87. The van der Waals surface area contributed by atoms with Crippen LogP contribution in [0.3, 0.4) is 0 Å². The van der Waals surface area contributed by atoms with Crippen LogP contribution in [-0.4, -0.2) is 27.6 Å². The molecule has 0 spiro atoms. The molecule has 0 saturated heterocycles. The number of nitrogens with zero attached hydrogens (tertiary/aromatic N) is 3. The summed E-state index contributed by atoms with van der Waals surface area (Å²) >= 11 is 0. The summed E-state index contributed by atoms with van der Waals surface area (Å²) in [7, 11) is 0. The molecule has 1 aromatic heterocycles. The van der Waals surface area contributed by atoms with Gasteiger partial charge in [-0.15, -0.1) is 0 Å². The van der Waals surface area contributed by atoms with Gasteiger partial charge in [0.1, 0.15) is 5.82 Å². The predicted molar refractivity (Wildman–Crippen MR) is 70.2 cm³/mol. The van der Waals surface area contributed by atoms with Gasteiger partial charge in [-0.3, -0.25) is 0 Å². The number of rotatable bonds is 2. The van der Waals surface area contributed by atoms with E-state index < -0.39 is 5.97 Å². The monoisotopic (exact) mass is 255 g/mol. The number of aromatic nitrogens is 2. The van der Waals surface area contributed by atoms with Crippen LogP contribution in [0.5, 0.6) is 0 Å². The first kappa shape index (κ1) is 11.6. The average molecular weight is 255 g/mol. The van der Waals surface area contributed by atoms with E-state index in [4.69, 9.17) is 5.11 Å². The van der Waals surface area contributed by atoms with Crippen molar-refractivity contribution in [2.75, 3.05) is 11.4 Å². The number of aromatic carboxylic acids is 1. The molecule has 5 heteroatoms. The number of anilines is 1. The van der Waals surface area contributed by atoms with E-state index in [0.29, 0.717) is 0 Å². The lowest BCUT2D eigenvalue weighted by molar-refractivity contribution is 0.0690. The molecule has 1 aliphatic heterocycles. The molecule has 2 aromatic rings. The number of fused-ring (bicyclic) bond motifs is 1. The highest BCUT2D eigenvalue weighted by Gasteiger charge is 2.17. The molecule has 5 nitrogen and oxygen atoms in total. The van der Waals surface area contributed by atoms with E-state index in [1.54, 1.807) is 0 Å². The highest BCUT2D eigenvalue weighted by atomic mass is 16.4. The maximum absolute atomic E-state index is 10.7. The van der Waals surface area contributed by atoms with Gasteiger partial charge in [0.25, 0.3) is 0 Å². The Morgan fingerprint density at radius 2 is 1.95 bits per heavy atom. The summed E-state index contributed by atoms with van der Waals surface area (Å²) in [5, 5.41) is 8.80. The fourth-order valence-corrected chi connectivity index (χ4v) is 2.29. The first-order valence-electron chi connectivity index (χ1n) is 6.11. The Balaban J connectivity index is 1.83. The van der Waals surface area contributed by atoms with Crippen molar-refractivity contribution in [1.82, 2.24) is 9.97 Å². The summed E-state index contributed by atoms with van der Waals surface area (Å²) in [6.45, 7) is 1.66. The fraction of sp³-hybridized carbons (Fsp3) is 0.214. The largest absolute Gasteiger partial charge is 0.476 e. The molecule has 0 radical (unpaired) electrons. The second-order valence-corrected chi connectivity index (χ2v) is 4.51. The van der Waals surface area contributed by atoms with E-state index in [0.717, 1.165) is 25.3 Å². The van der Waals surface area contributed by atoms with E-state index in [2.05, 4.69) is 33.1 Å². The molecule has 0 fully saturated rings. The molecule has 0 unspecified atom stereocenters. The molecule has 0 atom stereocenters. The van der Waals surface area contributed by atoms with Gasteiger partial charge in [0, 0.05) is 13.1 Å². The molecule has 3 rings (SSSR count). The molecule has 1 aliphatic rings. The smallest absolute Gasteiger partial charge is 0.356 e. The van der Waals surface area contributed by atoms with Crippen LogP contribution in [0.4, 0.5) is 5.82 Å². The zero-order chi connectivity index (χ0) is 13.2. The quantitative estimate of drug-likeness (QED) is 0.885. The van der Waals surface area contributed by atoms with E-state index in [1.807, 2.05) is 6.07 Å². The van der Waals surface area contributed by atoms with Crippen molar-refractivity contribution in [3.8, 4) is 0 Å². The Labute approximate surface area is 110 Å². The van der Waals surface area contributed by atoms with E-state index in [1.165, 1.54) is 23.5 Å². The SMILES string of the molecule is O=C(O)c1cnc(N2CCc3ccccc3C2)cn1. The number of carbonyl (C=O) groups is 1. The Morgan fingerprint density at radius 1 is 1.16 bits per heavy atom. The van der Waals surface area contributed by atoms with E-state index >= 15 is 0 Å². The van der Waals surface area contributed by atoms with Crippen LogP contribution in [0, 0.1) is 0 Å². The van der Waals surface area contributed by atoms with Crippen LogP contribution in [0.25, 0.3) is 0 Å². The standard InChI is InChI=1S/C14H13N3O2/c18-14(19)12-7-16-13(8-15-12)17-6-5-10-3-1-2-4-11(10)9-17/h1-4,7-8H,5-6,9H2,(H,18,19). The van der Waals surface area contributed by atoms with Crippen LogP contribution in [-0.2, 0) is 13.0 Å². The van der Waals surface area contributed by atoms with Crippen LogP contribution in [0.2, 0.25) is 0 Å². The second kappa shape index (κ2) is 4.68. The molecule has 0 bridgehead atoms. The van der Waals surface area contributed by atoms with Crippen LogP contribution < -0.4 is 4.90 Å².